The number of nitrogens with zero attached hydrogens (tertiary/aromatic N) is 1. The van der Waals surface area contributed by atoms with E-state index in [1.54, 1.807) is 14.0 Å². The van der Waals surface area contributed by atoms with Crippen LogP contribution in [0, 0.1) is 5.92 Å². The third-order valence-corrected chi connectivity index (χ3v) is 1.94. The molecule has 1 atom stereocenters. The normalized spacial score (nSPS) is 12.3. The number of hydrogen-bond donors (Lipinski definition) is 0. The SMILES string of the molecule is CON(C)C(=O)C(C)CCC(C)=O. The molecule has 0 aromatic rings. The maximum Gasteiger partial charge on any atom is 0.248 e. The summed E-state index contributed by atoms with van der Waals surface area (Å²) in [6.07, 6.45) is 1.03. The molecule has 1 unspecified atom stereocenters. The molecule has 0 bridgehead atoms. The molecule has 0 spiro atoms. The predicted octanol–water partition coefficient (Wildman–Crippen LogP) is 1.01. The molecule has 0 aromatic heterocycles. The smallest absolute Gasteiger partial charge is 0.248 e. The number of amides is 1. The van der Waals surface area contributed by atoms with E-state index in [2.05, 4.69) is 0 Å². The highest BCUT2D eigenvalue weighted by atomic mass is 16.7. The van der Waals surface area contributed by atoms with Crippen molar-refractivity contribution in [2.75, 3.05) is 14.2 Å². The van der Waals surface area contributed by atoms with E-state index < -0.39 is 0 Å². The first kappa shape index (κ1) is 12.1. The van der Waals surface area contributed by atoms with Gasteiger partial charge in [0.25, 0.3) is 0 Å². The van der Waals surface area contributed by atoms with E-state index in [1.165, 1.54) is 19.1 Å². The zero-order valence-corrected chi connectivity index (χ0v) is 8.66. The van der Waals surface area contributed by atoms with Crippen molar-refractivity contribution in [1.29, 1.82) is 0 Å². The quantitative estimate of drug-likeness (QED) is 0.603. The molecule has 0 aliphatic rings. The minimum absolute atomic E-state index is 0.0937. The molecule has 76 valence electrons. The van der Waals surface area contributed by atoms with E-state index in [-0.39, 0.29) is 17.6 Å². The Kier molecular flexibility index (Phi) is 5.30. The Balaban J connectivity index is 3.89. The topological polar surface area (TPSA) is 46.6 Å². The summed E-state index contributed by atoms with van der Waals surface area (Å²) in [5.41, 5.74) is 0. The number of hydrogen-bond acceptors (Lipinski definition) is 3. The standard InChI is InChI=1S/C9H17NO3/c1-7(5-6-8(2)11)9(12)10(3)13-4/h7H,5-6H2,1-4H3. The van der Waals surface area contributed by atoms with E-state index in [0.717, 1.165) is 0 Å². The van der Waals surface area contributed by atoms with Gasteiger partial charge in [0.15, 0.2) is 0 Å². The molecule has 0 rings (SSSR count). The fourth-order valence-corrected chi connectivity index (χ4v) is 0.944. The van der Waals surface area contributed by atoms with Gasteiger partial charge in [-0.05, 0) is 13.3 Å². The Bertz CT molecular complexity index is 191. The molecule has 0 saturated heterocycles. The van der Waals surface area contributed by atoms with Gasteiger partial charge in [0.1, 0.15) is 5.78 Å². The van der Waals surface area contributed by atoms with Crippen LogP contribution in [0.1, 0.15) is 26.7 Å². The lowest BCUT2D eigenvalue weighted by molar-refractivity contribution is -0.173. The molecule has 0 heterocycles. The lowest BCUT2D eigenvalue weighted by atomic mass is 10.0. The summed E-state index contributed by atoms with van der Waals surface area (Å²) in [6, 6.07) is 0. The molecule has 0 fully saturated rings. The van der Waals surface area contributed by atoms with Gasteiger partial charge < -0.3 is 4.79 Å². The van der Waals surface area contributed by atoms with Crippen molar-refractivity contribution in [2.45, 2.75) is 26.7 Å². The van der Waals surface area contributed by atoms with E-state index in [4.69, 9.17) is 4.84 Å². The molecule has 4 nitrogen and oxygen atoms in total. The van der Waals surface area contributed by atoms with Crippen LogP contribution in [-0.2, 0) is 14.4 Å². The third-order valence-electron chi connectivity index (χ3n) is 1.94. The van der Waals surface area contributed by atoms with Gasteiger partial charge in [0.2, 0.25) is 5.91 Å². The van der Waals surface area contributed by atoms with Crippen LogP contribution in [0.3, 0.4) is 0 Å². The van der Waals surface area contributed by atoms with Gasteiger partial charge >= 0.3 is 0 Å². The van der Waals surface area contributed by atoms with Gasteiger partial charge in [-0.15, -0.1) is 0 Å². The summed E-state index contributed by atoms with van der Waals surface area (Å²) in [6.45, 7) is 3.32. The van der Waals surface area contributed by atoms with Crippen LogP contribution in [0.25, 0.3) is 0 Å². The van der Waals surface area contributed by atoms with Gasteiger partial charge in [0.05, 0.1) is 7.11 Å². The second kappa shape index (κ2) is 5.70. The Labute approximate surface area is 78.8 Å². The second-order valence-corrected chi connectivity index (χ2v) is 3.16. The summed E-state index contributed by atoms with van der Waals surface area (Å²) < 4.78 is 0. The molecule has 0 radical (unpaired) electrons. The number of ketones is 1. The number of Topliss-reactive ketones (excluding diaryl/α,β-unsaturated/α-hetero) is 1. The van der Waals surface area contributed by atoms with Crippen molar-refractivity contribution in [3.63, 3.8) is 0 Å². The molecule has 4 heteroatoms. The van der Waals surface area contributed by atoms with Crippen LogP contribution in [0.4, 0.5) is 0 Å². The van der Waals surface area contributed by atoms with Crippen molar-refractivity contribution >= 4 is 11.7 Å². The Morgan fingerprint density at radius 3 is 2.38 bits per heavy atom. The van der Waals surface area contributed by atoms with Crippen LogP contribution >= 0.6 is 0 Å². The molecule has 0 aromatic carbocycles. The summed E-state index contributed by atoms with van der Waals surface area (Å²) in [4.78, 5) is 26.8. The zero-order valence-electron chi connectivity index (χ0n) is 8.66. The van der Waals surface area contributed by atoms with Gasteiger partial charge in [-0.3, -0.25) is 9.63 Å². The van der Waals surface area contributed by atoms with E-state index in [9.17, 15) is 9.59 Å². The molecule has 1 amide bonds. The van der Waals surface area contributed by atoms with Crippen molar-refractivity contribution in [3.05, 3.63) is 0 Å². The highest BCUT2D eigenvalue weighted by Crippen LogP contribution is 2.09. The average molecular weight is 187 g/mol. The van der Waals surface area contributed by atoms with Crippen LogP contribution in [0.15, 0.2) is 0 Å². The van der Waals surface area contributed by atoms with Crippen molar-refractivity contribution in [3.8, 4) is 0 Å². The number of hydroxylamine groups is 2. The molecule has 0 aliphatic carbocycles. The number of carbonyl (C=O) groups excluding carboxylic acids is 2. The van der Waals surface area contributed by atoms with Crippen molar-refractivity contribution in [1.82, 2.24) is 5.06 Å². The lowest BCUT2D eigenvalue weighted by Gasteiger charge is -2.17. The van der Waals surface area contributed by atoms with E-state index >= 15 is 0 Å². The second-order valence-electron chi connectivity index (χ2n) is 3.16. The Morgan fingerprint density at radius 1 is 1.46 bits per heavy atom. The maximum absolute atomic E-state index is 11.4. The van der Waals surface area contributed by atoms with E-state index in [0.29, 0.717) is 12.8 Å². The predicted molar refractivity (Wildman–Crippen MR) is 48.9 cm³/mol. The van der Waals surface area contributed by atoms with Gasteiger partial charge in [-0.2, -0.15) is 0 Å². The minimum atomic E-state index is -0.158. The summed E-state index contributed by atoms with van der Waals surface area (Å²) in [5, 5.41) is 1.19. The summed E-state index contributed by atoms with van der Waals surface area (Å²) >= 11 is 0. The van der Waals surface area contributed by atoms with Crippen molar-refractivity contribution < 1.29 is 14.4 Å². The maximum atomic E-state index is 11.4. The fraction of sp³-hybridized carbons (Fsp3) is 0.778. The van der Waals surface area contributed by atoms with Crippen LogP contribution in [-0.4, -0.2) is 30.9 Å². The zero-order chi connectivity index (χ0) is 10.4. The van der Waals surface area contributed by atoms with Crippen LogP contribution in [0.2, 0.25) is 0 Å². The first-order chi connectivity index (χ1) is 5.99. The van der Waals surface area contributed by atoms with Crippen molar-refractivity contribution in [2.24, 2.45) is 5.92 Å². The van der Waals surface area contributed by atoms with E-state index in [1.807, 2.05) is 0 Å². The monoisotopic (exact) mass is 187 g/mol. The fourth-order valence-electron chi connectivity index (χ4n) is 0.944. The highest BCUT2D eigenvalue weighted by Gasteiger charge is 2.17. The van der Waals surface area contributed by atoms with Crippen LogP contribution < -0.4 is 0 Å². The molecule has 13 heavy (non-hydrogen) atoms. The van der Waals surface area contributed by atoms with Crippen LogP contribution in [0.5, 0.6) is 0 Å². The highest BCUT2D eigenvalue weighted by molar-refractivity contribution is 5.79. The molecular weight excluding hydrogens is 170 g/mol. The summed E-state index contributed by atoms with van der Waals surface area (Å²) in [7, 11) is 3.00. The molecule has 0 N–H and O–H groups in total. The van der Waals surface area contributed by atoms with Gasteiger partial charge in [-0.25, -0.2) is 5.06 Å². The minimum Gasteiger partial charge on any atom is -0.300 e. The summed E-state index contributed by atoms with van der Waals surface area (Å²) in [5.74, 6) is -0.141. The van der Waals surface area contributed by atoms with Gasteiger partial charge in [0, 0.05) is 19.4 Å². The first-order valence-corrected chi connectivity index (χ1v) is 4.30. The third kappa shape index (κ3) is 4.62. The number of carbonyl (C=O) groups is 2. The Morgan fingerprint density at radius 2 is 2.00 bits per heavy atom. The number of rotatable bonds is 5. The lowest BCUT2D eigenvalue weighted by Crippen LogP contribution is -2.30. The average Bonchev–Trinajstić information content (AvgIpc) is 2.11. The molecule has 0 saturated carbocycles. The molecular formula is C9H17NO3. The van der Waals surface area contributed by atoms with Gasteiger partial charge in [-0.1, -0.05) is 6.92 Å². The first-order valence-electron chi connectivity index (χ1n) is 4.30. The molecule has 0 aliphatic heterocycles. The largest absolute Gasteiger partial charge is 0.300 e. The Hall–Kier alpha value is -0.900.